The highest BCUT2D eigenvalue weighted by atomic mass is 35.5. The number of ether oxygens (including phenoxy) is 1. The maximum Gasteiger partial charge on any atom is 0.236 e. The predicted octanol–water partition coefficient (Wildman–Crippen LogP) is 4.65. The highest BCUT2D eigenvalue weighted by molar-refractivity contribution is 5.85. The minimum Gasteiger partial charge on any atom is -0.497 e. The normalized spacial score (nSPS) is 22.6. The zero-order valence-corrected chi connectivity index (χ0v) is 21.1. The van der Waals surface area contributed by atoms with Gasteiger partial charge in [0, 0.05) is 46.0 Å². The molecule has 1 saturated carbocycles. The van der Waals surface area contributed by atoms with Gasteiger partial charge in [-0.05, 0) is 66.7 Å². The van der Waals surface area contributed by atoms with Crippen LogP contribution in [0.15, 0.2) is 18.2 Å². The summed E-state index contributed by atoms with van der Waals surface area (Å²) in [5.41, 5.74) is 3.23. The molecule has 1 heterocycles. The summed E-state index contributed by atoms with van der Waals surface area (Å²) in [6.07, 6.45) is 5.15. The van der Waals surface area contributed by atoms with Crippen LogP contribution in [0, 0.1) is 11.3 Å². The SMILES string of the molecule is COc1ccc(N2CCN(CC(=O)N(C)C)CC2)c(C2CCC(C(C)(C)C)CC2)c1.Cl. The molecule has 0 atom stereocenters. The molecule has 2 aliphatic rings. The number of rotatable bonds is 5. The van der Waals surface area contributed by atoms with Gasteiger partial charge in [0.15, 0.2) is 0 Å². The fourth-order valence-electron chi connectivity index (χ4n) is 5.02. The molecule has 0 radical (unpaired) electrons. The van der Waals surface area contributed by atoms with Crippen molar-refractivity contribution in [2.75, 3.05) is 58.8 Å². The summed E-state index contributed by atoms with van der Waals surface area (Å²) in [5, 5.41) is 0. The lowest BCUT2D eigenvalue weighted by atomic mass is 9.68. The van der Waals surface area contributed by atoms with E-state index in [2.05, 4.69) is 48.8 Å². The Morgan fingerprint density at radius 1 is 1.06 bits per heavy atom. The Morgan fingerprint density at radius 3 is 2.19 bits per heavy atom. The molecule has 1 aromatic carbocycles. The van der Waals surface area contributed by atoms with Crippen molar-refractivity contribution in [1.82, 2.24) is 9.80 Å². The van der Waals surface area contributed by atoms with Crippen molar-refractivity contribution in [1.29, 1.82) is 0 Å². The summed E-state index contributed by atoms with van der Waals surface area (Å²) in [7, 11) is 5.42. The zero-order valence-electron chi connectivity index (χ0n) is 20.3. The lowest BCUT2D eigenvalue weighted by molar-refractivity contribution is -0.129. The molecule has 1 aromatic rings. The highest BCUT2D eigenvalue weighted by Gasteiger charge is 2.32. The number of piperazine rings is 1. The van der Waals surface area contributed by atoms with Crippen LogP contribution in [0.25, 0.3) is 0 Å². The van der Waals surface area contributed by atoms with Crippen LogP contribution in [-0.4, -0.2) is 69.6 Å². The molecule has 2 fully saturated rings. The molecule has 0 spiro atoms. The van der Waals surface area contributed by atoms with Gasteiger partial charge >= 0.3 is 0 Å². The first kappa shape index (κ1) is 25.8. The largest absolute Gasteiger partial charge is 0.497 e. The molecule has 176 valence electrons. The number of hydrogen-bond acceptors (Lipinski definition) is 4. The molecule has 0 aromatic heterocycles. The van der Waals surface area contributed by atoms with Gasteiger partial charge in [-0.2, -0.15) is 0 Å². The molecule has 5 nitrogen and oxygen atoms in total. The zero-order chi connectivity index (χ0) is 21.9. The number of hydrogen-bond donors (Lipinski definition) is 0. The van der Waals surface area contributed by atoms with Crippen LogP contribution in [0.4, 0.5) is 5.69 Å². The molecule has 0 unspecified atom stereocenters. The summed E-state index contributed by atoms with van der Waals surface area (Å²) < 4.78 is 5.58. The third-order valence-electron chi connectivity index (χ3n) is 7.20. The molecule has 1 saturated heterocycles. The fraction of sp³-hybridized carbons (Fsp3) is 0.720. The molecular weight excluding hydrogens is 410 g/mol. The van der Waals surface area contributed by atoms with E-state index in [-0.39, 0.29) is 18.3 Å². The van der Waals surface area contributed by atoms with Gasteiger partial charge in [-0.25, -0.2) is 0 Å². The molecule has 0 N–H and O–H groups in total. The van der Waals surface area contributed by atoms with Crippen molar-refractivity contribution in [3.05, 3.63) is 23.8 Å². The van der Waals surface area contributed by atoms with Crippen LogP contribution in [-0.2, 0) is 4.79 Å². The standard InChI is InChI=1S/C25H41N3O2.ClH/c1-25(2,3)20-9-7-19(8-10-20)22-17-21(30-6)11-12-23(22)28-15-13-27(14-16-28)18-24(29)26(4)5;/h11-12,17,19-20H,7-10,13-16,18H2,1-6H3;1H. The van der Waals surface area contributed by atoms with Crippen LogP contribution >= 0.6 is 12.4 Å². The van der Waals surface area contributed by atoms with Crippen LogP contribution in [0.3, 0.4) is 0 Å². The van der Waals surface area contributed by atoms with E-state index in [0.717, 1.165) is 37.8 Å². The maximum atomic E-state index is 12.0. The van der Waals surface area contributed by atoms with Crippen LogP contribution < -0.4 is 9.64 Å². The predicted molar refractivity (Wildman–Crippen MR) is 132 cm³/mol. The average Bonchev–Trinajstić information content (AvgIpc) is 2.73. The Labute approximate surface area is 195 Å². The average molecular weight is 452 g/mol. The molecule has 1 amide bonds. The van der Waals surface area contributed by atoms with Crippen LogP contribution in [0.2, 0.25) is 0 Å². The highest BCUT2D eigenvalue weighted by Crippen LogP contribution is 2.45. The van der Waals surface area contributed by atoms with Crippen LogP contribution in [0.1, 0.15) is 57.9 Å². The lowest BCUT2D eigenvalue weighted by Gasteiger charge is -2.40. The third kappa shape index (κ3) is 6.52. The second-order valence-corrected chi connectivity index (χ2v) is 10.4. The second kappa shape index (κ2) is 10.9. The number of nitrogens with zero attached hydrogens (tertiary/aromatic N) is 3. The summed E-state index contributed by atoms with van der Waals surface area (Å²) in [5.74, 6) is 2.58. The first-order valence-electron chi connectivity index (χ1n) is 11.5. The monoisotopic (exact) mass is 451 g/mol. The van der Waals surface area contributed by atoms with Crippen molar-refractivity contribution in [2.45, 2.75) is 52.4 Å². The molecule has 3 rings (SSSR count). The number of anilines is 1. The van der Waals surface area contributed by atoms with Crippen molar-refractivity contribution in [3.63, 3.8) is 0 Å². The van der Waals surface area contributed by atoms with E-state index in [1.54, 1.807) is 12.0 Å². The van der Waals surface area contributed by atoms with Gasteiger partial charge in [-0.3, -0.25) is 9.69 Å². The lowest BCUT2D eigenvalue weighted by Crippen LogP contribution is -2.49. The number of benzene rings is 1. The van der Waals surface area contributed by atoms with E-state index >= 15 is 0 Å². The van der Waals surface area contributed by atoms with Gasteiger partial charge in [-0.1, -0.05) is 20.8 Å². The maximum absolute atomic E-state index is 12.0. The number of halogens is 1. The summed E-state index contributed by atoms with van der Waals surface area (Å²) in [4.78, 5) is 18.5. The van der Waals surface area contributed by atoms with E-state index in [9.17, 15) is 4.79 Å². The van der Waals surface area contributed by atoms with Crippen molar-refractivity contribution >= 4 is 24.0 Å². The van der Waals surface area contributed by atoms with E-state index in [0.29, 0.717) is 17.9 Å². The van der Waals surface area contributed by atoms with E-state index in [1.165, 1.54) is 36.9 Å². The van der Waals surface area contributed by atoms with E-state index in [1.807, 2.05) is 14.1 Å². The van der Waals surface area contributed by atoms with Gasteiger partial charge in [0.05, 0.1) is 13.7 Å². The summed E-state index contributed by atoms with van der Waals surface area (Å²) >= 11 is 0. The Kier molecular flexibility index (Phi) is 9.08. The molecule has 1 aliphatic carbocycles. The van der Waals surface area contributed by atoms with Crippen molar-refractivity contribution in [3.8, 4) is 5.75 Å². The number of carbonyl (C=O) groups is 1. The molecule has 1 aliphatic heterocycles. The van der Waals surface area contributed by atoms with Crippen molar-refractivity contribution < 1.29 is 9.53 Å². The summed E-state index contributed by atoms with van der Waals surface area (Å²) in [6, 6.07) is 6.63. The third-order valence-corrected chi connectivity index (χ3v) is 7.20. The smallest absolute Gasteiger partial charge is 0.236 e. The first-order valence-corrected chi connectivity index (χ1v) is 11.5. The first-order chi connectivity index (χ1) is 14.2. The van der Waals surface area contributed by atoms with Gasteiger partial charge in [0.2, 0.25) is 5.91 Å². The van der Waals surface area contributed by atoms with E-state index < -0.39 is 0 Å². The van der Waals surface area contributed by atoms with Gasteiger partial charge < -0.3 is 14.5 Å². The quantitative estimate of drug-likeness (QED) is 0.653. The number of amides is 1. The number of likely N-dealkylation sites (N-methyl/N-ethyl adjacent to an activating group) is 1. The van der Waals surface area contributed by atoms with Gasteiger partial charge in [-0.15, -0.1) is 12.4 Å². The van der Waals surface area contributed by atoms with Gasteiger partial charge in [0.25, 0.3) is 0 Å². The number of methoxy groups -OCH3 is 1. The number of carbonyl (C=O) groups excluding carboxylic acids is 1. The Hall–Kier alpha value is -1.46. The Balaban J connectivity index is 0.00000341. The second-order valence-electron chi connectivity index (χ2n) is 10.4. The van der Waals surface area contributed by atoms with Gasteiger partial charge in [0.1, 0.15) is 5.75 Å². The Bertz CT molecular complexity index is 716. The minimum absolute atomic E-state index is 0. The minimum atomic E-state index is 0. The topological polar surface area (TPSA) is 36.0 Å². The van der Waals surface area contributed by atoms with Crippen molar-refractivity contribution in [2.24, 2.45) is 11.3 Å². The molecule has 0 bridgehead atoms. The van der Waals surface area contributed by atoms with E-state index in [4.69, 9.17) is 4.74 Å². The van der Waals surface area contributed by atoms with Crippen LogP contribution in [0.5, 0.6) is 5.75 Å². The summed E-state index contributed by atoms with van der Waals surface area (Å²) in [6.45, 7) is 11.5. The Morgan fingerprint density at radius 2 is 1.68 bits per heavy atom. The fourth-order valence-corrected chi connectivity index (χ4v) is 5.02. The molecule has 6 heteroatoms. The molecular formula is C25H42ClN3O2. The molecule has 31 heavy (non-hydrogen) atoms.